The van der Waals surface area contributed by atoms with Crippen molar-refractivity contribution in [2.45, 2.75) is 26.2 Å². The topological polar surface area (TPSA) is 12.9 Å². The molecule has 3 aromatic carbocycles. The summed E-state index contributed by atoms with van der Waals surface area (Å²) in [5, 5.41) is 3.63. The van der Waals surface area contributed by atoms with Crippen LogP contribution in [0.1, 0.15) is 26.3 Å². The predicted octanol–water partition coefficient (Wildman–Crippen LogP) is 6.41. The highest BCUT2D eigenvalue weighted by Gasteiger charge is 2.19. The third-order valence-electron chi connectivity index (χ3n) is 4.22. The van der Waals surface area contributed by atoms with Gasteiger partial charge in [0, 0.05) is 5.56 Å². The van der Waals surface area contributed by atoms with Crippen molar-refractivity contribution in [3.63, 3.8) is 0 Å². The largest absolute Gasteiger partial charge is 0.236 e. The number of thiazole rings is 1. The predicted molar refractivity (Wildman–Crippen MR) is 101 cm³/mol. The van der Waals surface area contributed by atoms with Crippen LogP contribution < -0.4 is 0 Å². The number of hydrogen-bond donors (Lipinski definition) is 0. The Bertz CT molecular complexity index is 1010. The molecule has 23 heavy (non-hydrogen) atoms. The van der Waals surface area contributed by atoms with Crippen LogP contribution in [-0.4, -0.2) is 4.98 Å². The lowest BCUT2D eigenvalue weighted by atomic mass is 9.87. The van der Waals surface area contributed by atoms with Gasteiger partial charge in [-0.3, -0.25) is 0 Å². The Morgan fingerprint density at radius 2 is 1.61 bits per heavy atom. The van der Waals surface area contributed by atoms with Crippen molar-refractivity contribution in [2.75, 3.05) is 0 Å². The fourth-order valence-corrected chi connectivity index (χ4v) is 4.27. The Morgan fingerprint density at radius 3 is 2.39 bits per heavy atom. The highest BCUT2D eigenvalue weighted by Crippen LogP contribution is 2.37. The van der Waals surface area contributed by atoms with Gasteiger partial charge >= 0.3 is 0 Å². The molecule has 1 aromatic heterocycles. The monoisotopic (exact) mass is 317 g/mol. The number of benzene rings is 3. The van der Waals surface area contributed by atoms with Gasteiger partial charge in [0.2, 0.25) is 0 Å². The van der Waals surface area contributed by atoms with E-state index in [4.69, 9.17) is 4.98 Å². The lowest BCUT2D eigenvalue weighted by Gasteiger charge is -2.19. The van der Waals surface area contributed by atoms with Crippen LogP contribution in [-0.2, 0) is 5.41 Å². The molecule has 0 aliphatic rings. The quantitative estimate of drug-likeness (QED) is 0.395. The van der Waals surface area contributed by atoms with Crippen molar-refractivity contribution in [2.24, 2.45) is 0 Å². The minimum atomic E-state index is 0.132. The van der Waals surface area contributed by atoms with E-state index < -0.39 is 0 Å². The first-order valence-electron chi connectivity index (χ1n) is 7.91. The summed E-state index contributed by atoms with van der Waals surface area (Å²) in [6.07, 6.45) is 0. The molecule has 0 saturated carbocycles. The van der Waals surface area contributed by atoms with E-state index >= 15 is 0 Å². The molecule has 4 rings (SSSR count). The van der Waals surface area contributed by atoms with Crippen LogP contribution in [0.5, 0.6) is 0 Å². The number of fused-ring (bicyclic) bond motifs is 2. The first-order valence-corrected chi connectivity index (χ1v) is 8.73. The number of nitrogens with zero attached hydrogens (tertiary/aromatic N) is 1. The van der Waals surface area contributed by atoms with E-state index in [1.54, 1.807) is 11.3 Å². The molecule has 0 bridgehead atoms. The molecule has 0 atom stereocenters. The molecule has 1 nitrogen and oxygen atoms in total. The van der Waals surface area contributed by atoms with Crippen molar-refractivity contribution in [3.8, 4) is 10.6 Å². The zero-order valence-corrected chi connectivity index (χ0v) is 14.4. The van der Waals surface area contributed by atoms with Gasteiger partial charge in [0.05, 0.1) is 10.2 Å². The van der Waals surface area contributed by atoms with Crippen LogP contribution in [0.15, 0.2) is 60.7 Å². The maximum absolute atomic E-state index is 4.88. The zero-order valence-electron chi connectivity index (χ0n) is 13.6. The summed E-state index contributed by atoms with van der Waals surface area (Å²) in [5.41, 5.74) is 3.81. The second-order valence-corrected chi connectivity index (χ2v) is 7.98. The van der Waals surface area contributed by atoms with Gasteiger partial charge in [-0.25, -0.2) is 4.98 Å². The van der Waals surface area contributed by atoms with E-state index in [1.807, 2.05) is 0 Å². The Labute approximate surface area is 140 Å². The summed E-state index contributed by atoms with van der Waals surface area (Å²) in [6, 6.07) is 21.5. The zero-order chi connectivity index (χ0) is 16.0. The average molecular weight is 317 g/mol. The van der Waals surface area contributed by atoms with Crippen LogP contribution in [0.4, 0.5) is 0 Å². The summed E-state index contributed by atoms with van der Waals surface area (Å²) in [7, 11) is 0. The minimum Gasteiger partial charge on any atom is -0.236 e. The molecule has 0 aliphatic carbocycles. The van der Waals surface area contributed by atoms with E-state index in [2.05, 4.69) is 81.4 Å². The normalized spacial score (nSPS) is 12.1. The number of rotatable bonds is 1. The Morgan fingerprint density at radius 1 is 0.826 bits per heavy atom. The van der Waals surface area contributed by atoms with E-state index in [-0.39, 0.29) is 5.41 Å². The van der Waals surface area contributed by atoms with E-state index in [0.717, 1.165) is 10.5 Å². The second kappa shape index (κ2) is 5.17. The van der Waals surface area contributed by atoms with Gasteiger partial charge in [-0.05, 0) is 33.9 Å². The molecule has 0 N–H and O–H groups in total. The van der Waals surface area contributed by atoms with E-state index in [9.17, 15) is 0 Å². The fourth-order valence-electron chi connectivity index (χ4n) is 2.99. The first-order chi connectivity index (χ1) is 11.0. The van der Waals surface area contributed by atoms with Crippen molar-refractivity contribution in [1.29, 1.82) is 0 Å². The van der Waals surface area contributed by atoms with Crippen molar-refractivity contribution in [1.82, 2.24) is 4.98 Å². The summed E-state index contributed by atoms with van der Waals surface area (Å²) in [5.74, 6) is 0. The summed E-state index contributed by atoms with van der Waals surface area (Å²) in [6.45, 7) is 6.78. The van der Waals surface area contributed by atoms with Crippen LogP contribution in [0.3, 0.4) is 0 Å². The van der Waals surface area contributed by atoms with Gasteiger partial charge in [-0.2, -0.15) is 0 Å². The van der Waals surface area contributed by atoms with Gasteiger partial charge in [0.1, 0.15) is 5.01 Å². The molecule has 0 fully saturated rings. The lowest BCUT2D eigenvalue weighted by molar-refractivity contribution is 0.596. The Kier molecular flexibility index (Phi) is 3.24. The summed E-state index contributed by atoms with van der Waals surface area (Å²) in [4.78, 5) is 4.88. The highest BCUT2D eigenvalue weighted by molar-refractivity contribution is 7.21. The minimum absolute atomic E-state index is 0.132. The molecule has 0 amide bonds. The van der Waals surface area contributed by atoms with Gasteiger partial charge in [-0.1, -0.05) is 69.3 Å². The van der Waals surface area contributed by atoms with Crippen LogP contribution in [0.25, 0.3) is 31.6 Å². The fraction of sp³-hybridized carbons (Fsp3) is 0.190. The van der Waals surface area contributed by atoms with Crippen molar-refractivity contribution >= 4 is 32.3 Å². The van der Waals surface area contributed by atoms with Crippen LogP contribution >= 0.6 is 11.3 Å². The molecular formula is C21H19NS. The summed E-state index contributed by atoms with van der Waals surface area (Å²) >= 11 is 1.80. The van der Waals surface area contributed by atoms with E-state index in [0.29, 0.717) is 0 Å². The summed E-state index contributed by atoms with van der Waals surface area (Å²) < 4.78 is 1.31. The van der Waals surface area contributed by atoms with Gasteiger partial charge in [0.25, 0.3) is 0 Å². The molecule has 0 unspecified atom stereocenters. The average Bonchev–Trinajstić information content (AvgIpc) is 2.97. The van der Waals surface area contributed by atoms with Crippen LogP contribution in [0.2, 0.25) is 0 Å². The molecule has 1 heterocycles. The molecule has 0 radical (unpaired) electrons. The number of hydrogen-bond acceptors (Lipinski definition) is 2. The first kappa shape index (κ1) is 14.4. The maximum atomic E-state index is 4.88. The van der Waals surface area contributed by atoms with Gasteiger partial charge < -0.3 is 0 Å². The Hall–Kier alpha value is -2.19. The molecule has 114 valence electrons. The molecule has 2 heteroatoms. The molecule has 0 aliphatic heterocycles. The molecular weight excluding hydrogens is 298 g/mol. The molecule has 0 spiro atoms. The SMILES string of the molecule is CC(C)(C)c1cccc2nc(-c3ccc4ccccc4c3)sc12. The third kappa shape index (κ3) is 2.53. The standard InChI is InChI=1S/C21H19NS/c1-21(2,3)17-9-6-10-18-19(17)23-20(22-18)16-12-11-14-7-4-5-8-15(14)13-16/h4-13H,1-3H3. The van der Waals surface area contributed by atoms with E-state index in [1.165, 1.54) is 26.6 Å². The number of aromatic nitrogens is 1. The Balaban J connectivity index is 1.91. The highest BCUT2D eigenvalue weighted by atomic mass is 32.1. The van der Waals surface area contributed by atoms with Gasteiger partial charge in [0.15, 0.2) is 0 Å². The van der Waals surface area contributed by atoms with Gasteiger partial charge in [-0.15, -0.1) is 11.3 Å². The van der Waals surface area contributed by atoms with Crippen LogP contribution in [0, 0.1) is 0 Å². The van der Waals surface area contributed by atoms with Crippen molar-refractivity contribution < 1.29 is 0 Å². The smallest absolute Gasteiger partial charge is 0.124 e. The second-order valence-electron chi connectivity index (χ2n) is 6.98. The molecule has 4 aromatic rings. The van der Waals surface area contributed by atoms with Crippen molar-refractivity contribution in [3.05, 3.63) is 66.2 Å². The lowest BCUT2D eigenvalue weighted by Crippen LogP contribution is -2.10. The maximum Gasteiger partial charge on any atom is 0.124 e. The third-order valence-corrected chi connectivity index (χ3v) is 5.37. The molecule has 0 saturated heterocycles.